The molecule has 7 nitrogen and oxygen atoms in total. The van der Waals surface area contributed by atoms with Gasteiger partial charge in [-0.15, -0.1) is 10.2 Å². The number of tetrazole rings is 1. The van der Waals surface area contributed by atoms with Crippen LogP contribution in [0.1, 0.15) is 57.1 Å². The maximum atomic E-state index is 13.6. The van der Waals surface area contributed by atoms with E-state index in [1.54, 1.807) is 26.1 Å². The van der Waals surface area contributed by atoms with E-state index >= 15 is 0 Å². The zero-order valence-corrected chi connectivity index (χ0v) is 25.3. The fourth-order valence-electron chi connectivity index (χ4n) is 3.68. The Morgan fingerprint density at radius 1 is 1.10 bits per heavy atom. The van der Waals surface area contributed by atoms with Crippen molar-refractivity contribution in [1.82, 2.24) is 25.5 Å². The van der Waals surface area contributed by atoms with Crippen LogP contribution in [0.25, 0.3) is 11.3 Å². The first kappa shape index (κ1) is 32.7. The van der Waals surface area contributed by atoms with Gasteiger partial charge in [-0.05, 0) is 60.9 Å². The molecular weight excluding hydrogens is 555 g/mol. The van der Waals surface area contributed by atoms with Crippen molar-refractivity contribution in [3.8, 4) is 0 Å². The second-order valence-electron chi connectivity index (χ2n) is 8.81. The van der Waals surface area contributed by atoms with E-state index in [2.05, 4.69) is 39.2 Å². The Bertz CT molecular complexity index is 1440. The minimum atomic E-state index is -3.20. The summed E-state index contributed by atoms with van der Waals surface area (Å²) in [6.45, 7) is 18.6. The Labute approximate surface area is 244 Å². The Morgan fingerprint density at radius 2 is 1.75 bits per heavy atom. The SMILES string of the molecule is C=C(Nc1c(C)cc(Cl)cc1C(=C)NC)/C(N=C(C)Cn1nnc(C(C)(F)F)n1)=C(/C)c1ccccc1Cl.CC. The second-order valence-corrected chi connectivity index (χ2v) is 9.65. The van der Waals surface area contributed by atoms with Gasteiger partial charge in [0.1, 0.15) is 6.54 Å². The van der Waals surface area contributed by atoms with Crippen molar-refractivity contribution in [3.63, 3.8) is 0 Å². The molecule has 1 aromatic heterocycles. The molecule has 0 radical (unpaired) electrons. The predicted octanol–water partition coefficient (Wildman–Crippen LogP) is 8.13. The van der Waals surface area contributed by atoms with Gasteiger partial charge in [-0.1, -0.05) is 68.4 Å². The van der Waals surface area contributed by atoms with Crippen molar-refractivity contribution < 1.29 is 8.78 Å². The van der Waals surface area contributed by atoms with Gasteiger partial charge in [0, 0.05) is 41.0 Å². The van der Waals surface area contributed by atoms with E-state index < -0.39 is 11.7 Å². The van der Waals surface area contributed by atoms with E-state index in [4.69, 9.17) is 28.2 Å². The average Bonchev–Trinajstić information content (AvgIpc) is 3.38. The van der Waals surface area contributed by atoms with E-state index in [1.165, 1.54) is 0 Å². The fraction of sp³-hybridized carbons (Fsp3) is 0.310. The first-order chi connectivity index (χ1) is 18.8. The Morgan fingerprint density at radius 3 is 2.33 bits per heavy atom. The summed E-state index contributed by atoms with van der Waals surface area (Å²) in [4.78, 5) is 5.87. The molecule has 3 aromatic rings. The number of benzene rings is 2. The summed E-state index contributed by atoms with van der Waals surface area (Å²) in [5.41, 5.74) is 6.10. The van der Waals surface area contributed by atoms with Crippen molar-refractivity contribution >= 4 is 45.9 Å². The Kier molecular flexibility index (Phi) is 11.6. The van der Waals surface area contributed by atoms with Crippen LogP contribution in [-0.4, -0.2) is 33.0 Å². The molecule has 0 saturated heterocycles. The lowest BCUT2D eigenvalue weighted by Gasteiger charge is -2.20. The molecule has 0 saturated carbocycles. The van der Waals surface area contributed by atoms with Crippen molar-refractivity contribution in [1.29, 1.82) is 0 Å². The molecule has 0 spiro atoms. The highest BCUT2D eigenvalue weighted by Gasteiger charge is 2.30. The third-order valence-electron chi connectivity index (χ3n) is 5.64. The highest BCUT2D eigenvalue weighted by molar-refractivity contribution is 6.32. The van der Waals surface area contributed by atoms with Crippen LogP contribution in [0.3, 0.4) is 0 Å². The average molecular weight is 591 g/mol. The van der Waals surface area contributed by atoms with E-state index in [0.29, 0.717) is 39.8 Å². The molecule has 40 heavy (non-hydrogen) atoms. The van der Waals surface area contributed by atoms with Crippen LogP contribution < -0.4 is 10.6 Å². The standard InChI is InChI=1S/C27H29Cl2F2N7.C2H6/c1-15-12-20(28)13-22(18(4)32-7)24(15)34-19(5)25(17(3)21-10-8-9-11-23(21)29)33-16(2)14-38-36-26(35-37-38)27(6,30)31;1-2/h8-13,32,34H,4-5,14H2,1-3,6-7H3;1-2H3/b25-17+,33-16?;. The zero-order valence-electron chi connectivity index (χ0n) is 23.8. The van der Waals surface area contributed by atoms with Crippen LogP contribution in [0, 0.1) is 6.92 Å². The van der Waals surface area contributed by atoms with Crippen LogP contribution in [0.2, 0.25) is 10.0 Å². The number of hydrogen-bond donors (Lipinski definition) is 2. The highest BCUT2D eigenvalue weighted by Crippen LogP contribution is 2.34. The van der Waals surface area contributed by atoms with Gasteiger partial charge in [-0.2, -0.15) is 13.6 Å². The van der Waals surface area contributed by atoms with Crippen LogP contribution in [-0.2, 0) is 12.5 Å². The number of aromatic nitrogens is 4. The van der Waals surface area contributed by atoms with Crippen LogP contribution in [0.5, 0.6) is 0 Å². The summed E-state index contributed by atoms with van der Waals surface area (Å²) >= 11 is 12.8. The number of allylic oxidation sites excluding steroid dienone is 1. The number of nitrogens with zero attached hydrogens (tertiary/aromatic N) is 5. The molecule has 0 atom stereocenters. The molecule has 0 amide bonds. The van der Waals surface area contributed by atoms with Gasteiger partial charge in [-0.3, -0.25) is 4.99 Å². The van der Waals surface area contributed by atoms with Gasteiger partial charge >= 0.3 is 5.92 Å². The molecule has 0 bridgehead atoms. The van der Waals surface area contributed by atoms with E-state index in [0.717, 1.165) is 32.7 Å². The third kappa shape index (κ3) is 8.22. The van der Waals surface area contributed by atoms with Gasteiger partial charge < -0.3 is 10.6 Å². The van der Waals surface area contributed by atoms with Crippen LogP contribution in [0.4, 0.5) is 14.5 Å². The number of aryl methyl sites for hydroxylation is 1. The minimum absolute atomic E-state index is 0.0391. The van der Waals surface area contributed by atoms with Gasteiger partial charge in [0.25, 0.3) is 0 Å². The summed E-state index contributed by atoms with van der Waals surface area (Å²) in [7, 11) is 1.77. The molecule has 1 heterocycles. The van der Waals surface area contributed by atoms with E-state index in [1.807, 2.05) is 52.0 Å². The maximum Gasteiger partial charge on any atom is 0.307 e. The lowest BCUT2D eigenvalue weighted by atomic mass is 10.0. The fourth-order valence-corrected chi connectivity index (χ4v) is 4.23. The molecule has 0 unspecified atom stereocenters. The second kappa shape index (κ2) is 14.2. The molecule has 2 N–H and O–H groups in total. The molecule has 0 fully saturated rings. The first-order valence-electron chi connectivity index (χ1n) is 12.6. The topological polar surface area (TPSA) is 80.0 Å². The van der Waals surface area contributed by atoms with E-state index in [9.17, 15) is 8.78 Å². The number of hydrogen-bond acceptors (Lipinski definition) is 6. The molecular formula is C29H35Cl2F2N7. The number of rotatable bonds is 10. The Hall–Kier alpha value is -3.56. The molecule has 0 aliphatic carbocycles. The largest absolute Gasteiger partial charge is 0.388 e. The number of aliphatic imine (C=N–C) groups is 1. The lowest BCUT2D eigenvalue weighted by Crippen LogP contribution is -2.14. The smallest absolute Gasteiger partial charge is 0.307 e. The summed E-state index contributed by atoms with van der Waals surface area (Å²) in [6.07, 6.45) is 0. The van der Waals surface area contributed by atoms with Crippen LogP contribution >= 0.6 is 23.2 Å². The minimum Gasteiger partial charge on any atom is -0.388 e. The number of alkyl halides is 2. The molecule has 11 heteroatoms. The summed E-state index contributed by atoms with van der Waals surface area (Å²) < 4.78 is 27.1. The van der Waals surface area contributed by atoms with Crippen molar-refractivity contribution in [2.45, 2.75) is 54.0 Å². The summed E-state index contributed by atoms with van der Waals surface area (Å²) in [5, 5.41) is 18.5. The Balaban J connectivity index is 0.00000274. The highest BCUT2D eigenvalue weighted by atomic mass is 35.5. The normalized spacial score (nSPS) is 12.2. The summed E-state index contributed by atoms with van der Waals surface area (Å²) in [5.74, 6) is -3.85. The monoisotopic (exact) mass is 589 g/mol. The van der Waals surface area contributed by atoms with Gasteiger partial charge in [0.2, 0.25) is 5.82 Å². The van der Waals surface area contributed by atoms with Crippen molar-refractivity contribution in [2.75, 3.05) is 12.4 Å². The van der Waals surface area contributed by atoms with Crippen LogP contribution in [0.15, 0.2) is 65.9 Å². The zero-order chi connectivity index (χ0) is 30.2. The summed E-state index contributed by atoms with van der Waals surface area (Å²) in [6, 6.07) is 11.0. The molecule has 2 aromatic carbocycles. The van der Waals surface area contributed by atoms with E-state index in [-0.39, 0.29) is 6.54 Å². The molecule has 3 rings (SSSR count). The quantitative estimate of drug-likeness (QED) is 0.184. The lowest BCUT2D eigenvalue weighted by molar-refractivity contribution is 0.00741. The van der Waals surface area contributed by atoms with Gasteiger partial charge in [-0.25, -0.2) is 0 Å². The number of nitrogens with one attached hydrogen (secondary N) is 2. The third-order valence-corrected chi connectivity index (χ3v) is 6.19. The molecule has 214 valence electrons. The predicted molar refractivity (Wildman–Crippen MR) is 163 cm³/mol. The first-order valence-corrected chi connectivity index (χ1v) is 13.4. The van der Waals surface area contributed by atoms with Crippen molar-refractivity contribution in [3.05, 3.63) is 93.5 Å². The maximum absolute atomic E-state index is 13.6. The van der Waals surface area contributed by atoms with Gasteiger partial charge in [0.15, 0.2) is 0 Å². The number of halogens is 4. The number of anilines is 1. The molecule has 0 aliphatic rings. The molecule has 0 aliphatic heterocycles. The van der Waals surface area contributed by atoms with Gasteiger partial charge in [0.05, 0.1) is 17.1 Å². The van der Waals surface area contributed by atoms with Crippen molar-refractivity contribution in [2.24, 2.45) is 4.99 Å².